The minimum atomic E-state index is -0.374. The standard InChI is InChI=1S/C19H22N2O3S/c22-18(20-11-13-5-4-10-24-13)16-7-3-9-21(16)19(23)15-12-25-17-8-2-1-6-14(15)17/h4-5,10,12,16H,1-3,6-9,11H2,(H,20,22). The number of thiophene rings is 1. The molecule has 2 amide bonds. The maximum Gasteiger partial charge on any atom is 0.255 e. The average molecular weight is 358 g/mol. The number of hydrogen-bond acceptors (Lipinski definition) is 4. The molecule has 5 nitrogen and oxygen atoms in total. The lowest BCUT2D eigenvalue weighted by Gasteiger charge is -2.24. The molecule has 1 aliphatic carbocycles. The lowest BCUT2D eigenvalue weighted by molar-refractivity contribution is -0.125. The Morgan fingerprint density at radius 2 is 2.16 bits per heavy atom. The number of amides is 2. The molecule has 1 N–H and O–H groups in total. The fourth-order valence-corrected chi connectivity index (χ4v) is 4.94. The molecule has 0 spiro atoms. The first kappa shape index (κ1) is 16.4. The Labute approximate surface area is 151 Å². The zero-order valence-electron chi connectivity index (χ0n) is 14.1. The second kappa shape index (κ2) is 7.04. The molecule has 6 heteroatoms. The van der Waals surface area contributed by atoms with Gasteiger partial charge in [-0.1, -0.05) is 0 Å². The van der Waals surface area contributed by atoms with Crippen LogP contribution in [0.3, 0.4) is 0 Å². The maximum absolute atomic E-state index is 13.1. The number of rotatable bonds is 4. The summed E-state index contributed by atoms with van der Waals surface area (Å²) in [5.41, 5.74) is 2.05. The van der Waals surface area contributed by atoms with Crippen LogP contribution >= 0.6 is 11.3 Å². The van der Waals surface area contributed by atoms with Gasteiger partial charge in [0.25, 0.3) is 5.91 Å². The van der Waals surface area contributed by atoms with Gasteiger partial charge in [0, 0.05) is 16.8 Å². The van der Waals surface area contributed by atoms with Crippen molar-refractivity contribution in [2.75, 3.05) is 6.54 Å². The molecule has 3 heterocycles. The number of carbonyl (C=O) groups is 2. The molecule has 2 aliphatic rings. The Balaban J connectivity index is 1.46. The van der Waals surface area contributed by atoms with Crippen LogP contribution < -0.4 is 5.32 Å². The van der Waals surface area contributed by atoms with Gasteiger partial charge < -0.3 is 14.6 Å². The molecule has 0 saturated carbocycles. The molecular formula is C19H22N2O3S. The molecule has 132 valence electrons. The van der Waals surface area contributed by atoms with E-state index in [0.717, 1.165) is 43.4 Å². The van der Waals surface area contributed by atoms with Gasteiger partial charge in [0.1, 0.15) is 11.8 Å². The first-order valence-corrected chi connectivity index (χ1v) is 9.82. The van der Waals surface area contributed by atoms with Crippen molar-refractivity contribution in [1.29, 1.82) is 0 Å². The summed E-state index contributed by atoms with van der Waals surface area (Å²) in [6.45, 7) is 1.01. The predicted molar refractivity (Wildman–Crippen MR) is 95.6 cm³/mol. The molecule has 1 atom stereocenters. The van der Waals surface area contributed by atoms with E-state index in [1.807, 2.05) is 11.4 Å². The van der Waals surface area contributed by atoms with Crippen LogP contribution in [0.5, 0.6) is 0 Å². The van der Waals surface area contributed by atoms with Crippen molar-refractivity contribution in [1.82, 2.24) is 10.2 Å². The van der Waals surface area contributed by atoms with Gasteiger partial charge in [0.05, 0.1) is 18.4 Å². The van der Waals surface area contributed by atoms with Gasteiger partial charge in [-0.3, -0.25) is 9.59 Å². The molecule has 1 unspecified atom stereocenters. The van der Waals surface area contributed by atoms with Gasteiger partial charge in [0.15, 0.2) is 0 Å². The number of likely N-dealkylation sites (tertiary alicyclic amines) is 1. The first-order chi connectivity index (χ1) is 12.2. The topological polar surface area (TPSA) is 62.6 Å². The predicted octanol–water partition coefficient (Wildman–Crippen LogP) is 3.14. The zero-order valence-corrected chi connectivity index (χ0v) is 14.9. The number of nitrogens with one attached hydrogen (secondary N) is 1. The lowest BCUT2D eigenvalue weighted by Crippen LogP contribution is -2.45. The monoisotopic (exact) mass is 358 g/mol. The second-order valence-corrected chi connectivity index (χ2v) is 7.68. The fourth-order valence-electron chi connectivity index (χ4n) is 3.82. The molecule has 1 saturated heterocycles. The Morgan fingerprint density at radius 1 is 1.28 bits per heavy atom. The number of fused-ring (bicyclic) bond motifs is 1. The minimum Gasteiger partial charge on any atom is -0.467 e. The third-order valence-electron chi connectivity index (χ3n) is 5.13. The third-order valence-corrected chi connectivity index (χ3v) is 6.21. The molecule has 0 radical (unpaired) electrons. The van der Waals surface area contributed by atoms with Gasteiger partial charge in [-0.25, -0.2) is 0 Å². The molecule has 25 heavy (non-hydrogen) atoms. The molecule has 1 fully saturated rings. The summed E-state index contributed by atoms with van der Waals surface area (Å²) in [6.07, 6.45) is 7.62. The van der Waals surface area contributed by atoms with E-state index in [2.05, 4.69) is 5.32 Å². The zero-order chi connectivity index (χ0) is 17.2. The van der Waals surface area contributed by atoms with E-state index in [9.17, 15) is 9.59 Å². The Morgan fingerprint density at radius 3 is 3.00 bits per heavy atom. The summed E-state index contributed by atoms with van der Waals surface area (Å²) >= 11 is 1.70. The number of aryl methyl sites for hydroxylation is 1. The highest BCUT2D eigenvalue weighted by atomic mass is 32.1. The van der Waals surface area contributed by atoms with Crippen molar-refractivity contribution in [2.24, 2.45) is 0 Å². The summed E-state index contributed by atoms with van der Waals surface area (Å²) in [5, 5.41) is 4.89. The number of hydrogen-bond donors (Lipinski definition) is 1. The van der Waals surface area contributed by atoms with E-state index in [4.69, 9.17) is 4.42 Å². The molecule has 0 bridgehead atoms. The molecular weight excluding hydrogens is 336 g/mol. The van der Waals surface area contributed by atoms with Crippen LogP contribution in [0.25, 0.3) is 0 Å². The largest absolute Gasteiger partial charge is 0.467 e. The van der Waals surface area contributed by atoms with Crippen molar-refractivity contribution in [3.05, 3.63) is 45.5 Å². The van der Waals surface area contributed by atoms with Crippen molar-refractivity contribution in [2.45, 2.75) is 51.1 Å². The van der Waals surface area contributed by atoms with Gasteiger partial charge >= 0.3 is 0 Å². The quantitative estimate of drug-likeness (QED) is 0.913. The van der Waals surface area contributed by atoms with E-state index in [0.29, 0.717) is 13.1 Å². The smallest absolute Gasteiger partial charge is 0.255 e. The molecule has 2 aromatic heterocycles. The van der Waals surface area contributed by atoms with Crippen molar-refractivity contribution >= 4 is 23.2 Å². The van der Waals surface area contributed by atoms with Crippen molar-refractivity contribution in [3.8, 4) is 0 Å². The van der Waals surface area contributed by atoms with Crippen LogP contribution in [0.1, 0.15) is 52.2 Å². The first-order valence-electron chi connectivity index (χ1n) is 8.94. The van der Waals surface area contributed by atoms with Crippen LogP contribution in [-0.4, -0.2) is 29.3 Å². The van der Waals surface area contributed by atoms with Crippen LogP contribution in [-0.2, 0) is 24.2 Å². The van der Waals surface area contributed by atoms with Gasteiger partial charge in [-0.05, 0) is 56.2 Å². The maximum atomic E-state index is 13.1. The van der Waals surface area contributed by atoms with Crippen LogP contribution in [0.4, 0.5) is 0 Å². The van der Waals surface area contributed by atoms with E-state index >= 15 is 0 Å². The molecule has 4 rings (SSSR count). The highest BCUT2D eigenvalue weighted by molar-refractivity contribution is 7.10. The van der Waals surface area contributed by atoms with Gasteiger partial charge in [-0.2, -0.15) is 0 Å². The minimum absolute atomic E-state index is 0.0232. The highest BCUT2D eigenvalue weighted by Gasteiger charge is 2.36. The van der Waals surface area contributed by atoms with E-state index in [-0.39, 0.29) is 17.9 Å². The van der Waals surface area contributed by atoms with E-state index in [1.165, 1.54) is 16.9 Å². The van der Waals surface area contributed by atoms with E-state index < -0.39 is 0 Å². The number of furan rings is 1. The summed E-state index contributed by atoms with van der Waals surface area (Å²) < 4.78 is 5.25. The van der Waals surface area contributed by atoms with Crippen LogP contribution in [0, 0.1) is 0 Å². The lowest BCUT2D eigenvalue weighted by atomic mass is 9.95. The number of nitrogens with zero attached hydrogens (tertiary/aromatic N) is 1. The summed E-state index contributed by atoms with van der Waals surface area (Å²) in [5.74, 6) is 0.650. The molecule has 0 aromatic carbocycles. The van der Waals surface area contributed by atoms with Crippen LogP contribution in [0.2, 0.25) is 0 Å². The van der Waals surface area contributed by atoms with E-state index in [1.54, 1.807) is 28.6 Å². The van der Waals surface area contributed by atoms with Crippen molar-refractivity contribution < 1.29 is 14.0 Å². The van der Waals surface area contributed by atoms with Crippen LogP contribution in [0.15, 0.2) is 28.2 Å². The fraction of sp³-hybridized carbons (Fsp3) is 0.474. The summed E-state index contributed by atoms with van der Waals surface area (Å²) in [7, 11) is 0. The number of carbonyl (C=O) groups excluding carboxylic acids is 2. The highest BCUT2D eigenvalue weighted by Crippen LogP contribution is 2.32. The second-order valence-electron chi connectivity index (χ2n) is 6.71. The van der Waals surface area contributed by atoms with Gasteiger partial charge in [0.2, 0.25) is 5.91 Å². The van der Waals surface area contributed by atoms with Gasteiger partial charge in [-0.15, -0.1) is 11.3 Å². The van der Waals surface area contributed by atoms with Crippen molar-refractivity contribution in [3.63, 3.8) is 0 Å². The summed E-state index contributed by atoms with van der Waals surface area (Å²) in [4.78, 5) is 28.7. The Bertz CT molecular complexity index is 766. The SMILES string of the molecule is O=C(NCc1ccco1)C1CCCN1C(=O)c1csc2c1CCCC2. The summed E-state index contributed by atoms with van der Waals surface area (Å²) in [6, 6.07) is 3.25. The normalized spacial score (nSPS) is 19.7. The molecule has 1 aliphatic heterocycles. The third kappa shape index (κ3) is 3.23. The molecule has 2 aromatic rings. The Hall–Kier alpha value is -2.08. The Kier molecular flexibility index (Phi) is 4.61. The average Bonchev–Trinajstić information content (AvgIpc) is 3.39.